The molecule has 0 bridgehead atoms. The highest BCUT2D eigenvalue weighted by Gasteiger charge is 2.59. The number of fused-ring (bicyclic) bond motifs is 4. The van der Waals surface area contributed by atoms with Gasteiger partial charge in [0.25, 0.3) is 0 Å². The molecule has 4 aliphatic rings. The van der Waals surface area contributed by atoms with Crippen LogP contribution in [0.1, 0.15) is 133 Å². The zero-order chi connectivity index (χ0) is 33.6. The largest absolute Gasteiger partial charge is 0.465 e. The van der Waals surface area contributed by atoms with Crippen LogP contribution in [0.2, 0.25) is 18.1 Å². The molecule has 0 aromatic heterocycles. The Bertz CT molecular complexity index is 1160. The molecule has 0 aromatic rings. The molecule has 45 heavy (non-hydrogen) atoms. The monoisotopic (exact) mass is 642 g/mol. The van der Waals surface area contributed by atoms with Gasteiger partial charge in [-0.1, -0.05) is 79.9 Å². The normalized spacial score (nSPS) is 31.9. The Morgan fingerprint density at radius 2 is 1.56 bits per heavy atom. The van der Waals surface area contributed by atoms with Crippen molar-refractivity contribution >= 4 is 20.3 Å². The van der Waals surface area contributed by atoms with Crippen molar-refractivity contribution < 1.29 is 23.5 Å². The highest BCUT2D eigenvalue weighted by molar-refractivity contribution is 6.74. The smallest absolute Gasteiger partial charge is 0.320 e. The van der Waals surface area contributed by atoms with E-state index in [4.69, 9.17) is 13.9 Å². The quantitative estimate of drug-likeness (QED) is 0.127. The third kappa shape index (κ3) is 6.67. The SMILES string of the molecule is CCOC(=O)C(CCC[C@@H](C)[C@H]1CC=C2C3=C(CC[C@@]21C)[C@@]1(C)CC[C@H](O[Si](C)(C)C(C)(C)C)C(C)(C)[C@@H]1CC3)C(=O)OCC. The number of esters is 2. The Morgan fingerprint density at radius 3 is 2.13 bits per heavy atom. The Hall–Kier alpha value is -1.40. The molecule has 1 saturated carbocycles. The highest BCUT2D eigenvalue weighted by atomic mass is 28.4. The summed E-state index contributed by atoms with van der Waals surface area (Å²) in [7, 11) is -1.84. The molecule has 4 aliphatic carbocycles. The second-order valence-electron chi connectivity index (χ2n) is 17.5. The fraction of sp³-hybridized carbons (Fsp3) is 0.846. The van der Waals surface area contributed by atoms with Gasteiger partial charge in [-0.2, -0.15) is 0 Å². The molecule has 0 spiro atoms. The van der Waals surface area contributed by atoms with Gasteiger partial charge in [0, 0.05) is 0 Å². The van der Waals surface area contributed by atoms with E-state index in [1.54, 1.807) is 30.6 Å². The summed E-state index contributed by atoms with van der Waals surface area (Å²) in [5.41, 5.74) is 5.78. The second-order valence-corrected chi connectivity index (χ2v) is 22.3. The van der Waals surface area contributed by atoms with E-state index in [1.807, 2.05) is 0 Å². The maximum Gasteiger partial charge on any atom is 0.320 e. The molecule has 6 heteroatoms. The Kier molecular flexibility index (Phi) is 10.7. The molecule has 0 aromatic carbocycles. The molecule has 0 N–H and O–H groups in total. The molecule has 0 radical (unpaired) electrons. The van der Waals surface area contributed by atoms with Crippen LogP contribution in [0.15, 0.2) is 22.8 Å². The number of allylic oxidation sites excluding steroid dienone is 4. The van der Waals surface area contributed by atoms with E-state index < -0.39 is 26.2 Å². The van der Waals surface area contributed by atoms with Crippen molar-refractivity contribution in [3.05, 3.63) is 22.8 Å². The first-order chi connectivity index (χ1) is 20.8. The van der Waals surface area contributed by atoms with E-state index >= 15 is 0 Å². The van der Waals surface area contributed by atoms with Gasteiger partial charge in [-0.25, -0.2) is 0 Å². The van der Waals surface area contributed by atoms with Crippen molar-refractivity contribution in [2.75, 3.05) is 13.2 Å². The van der Waals surface area contributed by atoms with Crippen LogP contribution in [0.5, 0.6) is 0 Å². The van der Waals surface area contributed by atoms with Crippen molar-refractivity contribution in [1.82, 2.24) is 0 Å². The summed E-state index contributed by atoms with van der Waals surface area (Å²) in [5, 5.41) is 0.228. The Morgan fingerprint density at radius 1 is 0.933 bits per heavy atom. The summed E-state index contributed by atoms with van der Waals surface area (Å²) in [6.07, 6.45) is 13.7. The lowest BCUT2D eigenvalue weighted by Crippen LogP contribution is -2.57. The topological polar surface area (TPSA) is 61.8 Å². The van der Waals surface area contributed by atoms with E-state index in [2.05, 4.69) is 74.6 Å². The number of carbonyl (C=O) groups excluding carboxylic acids is 2. The molecule has 1 fully saturated rings. The summed E-state index contributed by atoms with van der Waals surface area (Å²) >= 11 is 0. The maximum atomic E-state index is 12.5. The van der Waals surface area contributed by atoms with Crippen molar-refractivity contribution in [3.63, 3.8) is 0 Å². The van der Waals surface area contributed by atoms with Gasteiger partial charge in [0.2, 0.25) is 0 Å². The first-order valence-electron chi connectivity index (χ1n) is 18.3. The van der Waals surface area contributed by atoms with Crippen LogP contribution >= 0.6 is 0 Å². The standard InChI is InChI=1S/C39H66O5Si/c1-13-42-34(40)28(35(41)43-14-2)17-15-16-26(3)29-19-20-30-27-18-21-32-37(7,8)33(44-45(11,12)36(4,5)6)23-25-39(32,10)31(27)22-24-38(29,30)9/h20,26,28-29,32-33H,13-19,21-25H2,1-12H3/t26-,29-,32+,33+,38-,39-/m1/s1. The summed E-state index contributed by atoms with van der Waals surface area (Å²) in [5.74, 6) is 0.0700. The van der Waals surface area contributed by atoms with Gasteiger partial charge < -0.3 is 13.9 Å². The lowest BCUT2D eigenvalue weighted by atomic mass is 9.46. The molecule has 6 atom stereocenters. The van der Waals surface area contributed by atoms with Crippen LogP contribution in [0.25, 0.3) is 0 Å². The third-order valence-corrected chi connectivity index (χ3v) is 18.1. The number of hydrogen-bond donors (Lipinski definition) is 0. The van der Waals surface area contributed by atoms with Gasteiger partial charge in [-0.05, 0) is 128 Å². The van der Waals surface area contributed by atoms with Crippen LogP contribution < -0.4 is 0 Å². The van der Waals surface area contributed by atoms with Crippen LogP contribution in [-0.4, -0.2) is 39.6 Å². The third-order valence-electron chi connectivity index (χ3n) is 13.6. The molecule has 5 nitrogen and oxygen atoms in total. The first-order valence-corrected chi connectivity index (χ1v) is 21.2. The lowest BCUT2D eigenvalue weighted by molar-refractivity contribution is -0.162. The van der Waals surface area contributed by atoms with Crippen molar-refractivity contribution in [2.24, 2.45) is 39.9 Å². The van der Waals surface area contributed by atoms with Crippen LogP contribution in [0.4, 0.5) is 0 Å². The second kappa shape index (κ2) is 13.2. The molecule has 4 rings (SSSR count). The molecular formula is C39H66O5Si. The van der Waals surface area contributed by atoms with Gasteiger partial charge in [0.1, 0.15) is 0 Å². The summed E-state index contributed by atoms with van der Waals surface area (Å²) in [6, 6.07) is 0. The van der Waals surface area contributed by atoms with Crippen LogP contribution in [-0.2, 0) is 23.5 Å². The Labute approximate surface area is 276 Å². The van der Waals surface area contributed by atoms with Gasteiger partial charge >= 0.3 is 11.9 Å². The van der Waals surface area contributed by atoms with E-state index in [9.17, 15) is 9.59 Å². The number of hydrogen-bond acceptors (Lipinski definition) is 5. The van der Waals surface area contributed by atoms with Crippen LogP contribution in [0.3, 0.4) is 0 Å². The number of ether oxygens (including phenoxy) is 2. The van der Waals surface area contributed by atoms with Crippen molar-refractivity contribution in [2.45, 2.75) is 158 Å². The Balaban J connectivity index is 1.47. The van der Waals surface area contributed by atoms with Crippen molar-refractivity contribution in [1.29, 1.82) is 0 Å². The average Bonchev–Trinajstić information content (AvgIpc) is 3.29. The minimum Gasteiger partial charge on any atom is -0.465 e. The molecule has 256 valence electrons. The van der Waals surface area contributed by atoms with Gasteiger partial charge in [0.05, 0.1) is 19.3 Å². The molecule has 0 unspecified atom stereocenters. The summed E-state index contributed by atoms with van der Waals surface area (Å²) in [4.78, 5) is 25.0. The summed E-state index contributed by atoms with van der Waals surface area (Å²) < 4.78 is 17.6. The van der Waals surface area contributed by atoms with Gasteiger partial charge in [-0.15, -0.1) is 0 Å². The predicted octanol–water partition coefficient (Wildman–Crippen LogP) is 10.2. The van der Waals surface area contributed by atoms with Crippen molar-refractivity contribution in [3.8, 4) is 0 Å². The molecule has 0 saturated heterocycles. The number of carbonyl (C=O) groups is 2. The fourth-order valence-electron chi connectivity index (χ4n) is 9.97. The minimum atomic E-state index is -1.84. The van der Waals surface area contributed by atoms with Crippen LogP contribution in [0, 0.1) is 39.9 Å². The molecule has 0 amide bonds. The van der Waals surface area contributed by atoms with E-state index in [0.717, 1.165) is 25.7 Å². The average molecular weight is 643 g/mol. The van der Waals surface area contributed by atoms with E-state index in [-0.39, 0.29) is 34.5 Å². The highest BCUT2D eigenvalue weighted by Crippen LogP contribution is 2.67. The van der Waals surface area contributed by atoms with Gasteiger partial charge in [-0.3, -0.25) is 9.59 Å². The molecular weight excluding hydrogens is 577 g/mol. The molecule has 0 aliphatic heterocycles. The lowest BCUT2D eigenvalue weighted by Gasteiger charge is -2.61. The minimum absolute atomic E-state index is 0.161. The summed E-state index contributed by atoms with van der Waals surface area (Å²) in [6.45, 7) is 28.6. The fourth-order valence-corrected chi connectivity index (χ4v) is 11.5. The predicted molar refractivity (Wildman–Crippen MR) is 186 cm³/mol. The zero-order valence-electron chi connectivity index (χ0n) is 31.0. The van der Waals surface area contributed by atoms with E-state index in [0.29, 0.717) is 30.3 Å². The molecule has 0 heterocycles. The van der Waals surface area contributed by atoms with E-state index in [1.165, 1.54) is 32.1 Å². The van der Waals surface area contributed by atoms with Gasteiger partial charge in [0.15, 0.2) is 14.2 Å². The first kappa shape index (κ1) is 36.4. The number of rotatable bonds is 11. The maximum absolute atomic E-state index is 12.5. The zero-order valence-corrected chi connectivity index (χ0v) is 32.0.